The Morgan fingerprint density at radius 2 is 2.06 bits per heavy atom. The Morgan fingerprint density at radius 3 is 2.71 bits per heavy atom. The van der Waals surface area contributed by atoms with E-state index in [2.05, 4.69) is 4.98 Å². The number of nitrogens with zero attached hydrogens (tertiary/aromatic N) is 2. The van der Waals surface area contributed by atoms with E-state index >= 15 is 0 Å². The molecule has 0 aliphatic carbocycles. The van der Waals surface area contributed by atoms with E-state index in [0.29, 0.717) is 11.5 Å². The molecule has 2 N–H and O–H groups in total. The van der Waals surface area contributed by atoms with Crippen LogP contribution in [0.15, 0.2) is 34.9 Å². The highest BCUT2D eigenvalue weighted by atomic mass is 16.3. The van der Waals surface area contributed by atoms with Crippen molar-refractivity contribution >= 4 is 11.5 Å². The van der Waals surface area contributed by atoms with E-state index in [1.54, 1.807) is 6.26 Å². The molecule has 0 amide bonds. The number of hydrogen-bond acceptors (Lipinski definition) is 3. The average molecular weight is 227 g/mol. The zero-order valence-corrected chi connectivity index (χ0v) is 9.77. The highest BCUT2D eigenvalue weighted by Crippen LogP contribution is 2.30. The van der Waals surface area contributed by atoms with Crippen molar-refractivity contribution in [2.45, 2.75) is 13.8 Å². The molecule has 3 heterocycles. The lowest BCUT2D eigenvalue weighted by Crippen LogP contribution is -1.97. The molecular formula is C13H13N3O. The summed E-state index contributed by atoms with van der Waals surface area (Å²) >= 11 is 0. The number of pyridine rings is 1. The van der Waals surface area contributed by atoms with E-state index in [4.69, 9.17) is 10.2 Å². The molecule has 0 saturated carbocycles. The van der Waals surface area contributed by atoms with Gasteiger partial charge in [0.2, 0.25) is 0 Å². The van der Waals surface area contributed by atoms with Crippen LogP contribution in [0.2, 0.25) is 0 Å². The average Bonchev–Trinajstić information content (AvgIpc) is 2.84. The maximum atomic E-state index is 6.14. The van der Waals surface area contributed by atoms with Crippen molar-refractivity contribution in [1.29, 1.82) is 0 Å². The molecule has 3 rings (SSSR count). The van der Waals surface area contributed by atoms with Gasteiger partial charge in [-0.1, -0.05) is 6.07 Å². The van der Waals surface area contributed by atoms with Gasteiger partial charge in [0.1, 0.15) is 17.2 Å². The Hall–Kier alpha value is -2.23. The summed E-state index contributed by atoms with van der Waals surface area (Å²) in [4.78, 5) is 4.52. The number of anilines is 1. The molecule has 0 saturated heterocycles. The molecule has 0 fully saturated rings. The van der Waals surface area contributed by atoms with Crippen LogP contribution in [0.3, 0.4) is 0 Å². The maximum absolute atomic E-state index is 6.14. The largest absolute Gasteiger partial charge is 0.462 e. The maximum Gasteiger partial charge on any atom is 0.158 e. The summed E-state index contributed by atoms with van der Waals surface area (Å²) in [7, 11) is 0. The van der Waals surface area contributed by atoms with Crippen molar-refractivity contribution in [2.75, 3.05) is 5.73 Å². The lowest BCUT2D eigenvalue weighted by Gasteiger charge is -2.01. The Bertz CT molecular complexity index is 694. The number of aryl methyl sites for hydroxylation is 2. The Labute approximate surface area is 98.7 Å². The van der Waals surface area contributed by atoms with Crippen LogP contribution in [0.4, 0.5) is 5.82 Å². The summed E-state index contributed by atoms with van der Waals surface area (Å²) in [6.07, 6.45) is 1.65. The number of nitrogens with two attached hydrogens (primary N) is 1. The molecule has 4 heteroatoms. The van der Waals surface area contributed by atoms with Crippen LogP contribution >= 0.6 is 0 Å². The molecule has 0 atom stereocenters. The third-order valence-corrected chi connectivity index (χ3v) is 2.95. The molecule has 3 aromatic rings. The van der Waals surface area contributed by atoms with Crippen molar-refractivity contribution in [3.63, 3.8) is 0 Å². The second kappa shape index (κ2) is 3.38. The van der Waals surface area contributed by atoms with Gasteiger partial charge in [-0.3, -0.25) is 4.40 Å². The lowest BCUT2D eigenvalue weighted by atomic mass is 10.2. The Morgan fingerprint density at radius 1 is 1.24 bits per heavy atom. The lowest BCUT2D eigenvalue weighted by molar-refractivity contribution is 0.579. The second-order valence-electron chi connectivity index (χ2n) is 4.14. The minimum absolute atomic E-state index is 0.621. The van der Waals surface area contributed by atoms with Crippen molar-refractivity contribution in [2.24, 2.45) is 0 Å². The van der Waals surface area contributed by atoms with Crippen LogP contribution in [0.1, 0.15) is 11.3 Å². The van der Waals surface area contributed by atoms with Crippen molar-refractivity contribution in [3.05, 3.63) is 41.8 Å². The monoisotopic (exact) mass is 227 g/mol. The topological polar surface area (TPSA) is 56.5 Å². The van der Waals surface area contributed by atoms with Gasteiger partial charge in [-0.25, -0.2) is 4.98 Å². The van der Waals surface area contributed by atoms with Crippen molar-refractivity contribution in [1.82, 2.24) is 9.38 Å². The predicted molar refractivity (Wildman–Crippen MR) is 66.8 cm³/mol. The molecule has 3 aromatic heterocycles. The zero-order chi connectivity index (χ0) is 12.0. The number of hydrogen-bond donors (Lipinski definition) is 1. The summed E-state index contributed by atoms with van der Waals surface area (Å²) in [6.45, 7) is 3.99. The molecule has 86 valence electrons. The summed E-state index contributed by atoms with van der Waals surface area (Å²) in [5.41, 5.74) is 9.79. The quantitative estimate of drug-likeness (QED) is 0.695. The third kappa shape index (κ3) is 1.34. The first kappa shape index (κ1) is 9.96. The van der Waals surface area contributed by atoms with Gasteiger partial charge in [-0.15, -0.1) is 0 Å². The SMILES string of the molecule is Cc1ccoc1-c1nc2cccc(C)n2c1N. The van der Waals surface area contributed by atoms with E-state index in [0.717, 1.165) is 22.7 Å². The Kier molecular flexibility index (Phi) is 1.98. The van der Waals surface area contributed by atoms with Gasteiger partial charge in [0.15, 0.2) is 5.76 Å². The van der Waals surface area contributed by atoms with Crippen LogP contribution in [-0.2, 0) is 0 Å². The first-order chi connectivity index (χ1) is 8.18. The smallest absolute Gasteiger partial charge is 0.158 e. The summed E-state index contributed by atoms with van der Waals surface area (Å²) in [5, 5.41) is 0. The minimum atomic E-state index is 0.621. The summed E-state index contributed by atoms with van der Waals surface area (Å²) < 4.78 is 7.37. The Balaban J connectivity index is 2.36. The number of furan rings is 1. The zero-order valence-electron chi connectivity index (χ0n) is 9.77. The fourth-order valence-electron chi connectivity index (χ4n) is 2.06. The van der Waals surface area contributed by atoms with E-state index in [9.17, 15) is 0 Å². The van der Waals surface area contributed by atoms with Crippen LogP contribution in [0, 0.1) is 13.8 Å². The summed E-state index contributed by atoms with van der Waals surface area (Å²) in [5.74, 6) is 1.36. The molecule has 0 bridgehead atoms. The fraction of sp³-hybridized carbons (Fsp3) is 0.154. The van der Waals surface area contributed by atoms with Crippen molar-refractivity contribution in [3.8, 4) is 11.5 Å². The van der Waals surface area contributed by atoms with Gasteiger partial charge >= 0.3 is 0 Å². The number of imidazole rings is 1. The summed E-state index contributed by atoms with van der Waals surface area (Å²) in [6, 6.07) is 7.82. The van der Waals surface area contributed by atoms with Crippen molar-refractivity contribution < 1.29 is 4.42 Å². The molecule has 17 heavy (non-hydrogen) atoms. The van der Waals surface area contributed by atoms with E-state index in [1.807, 2.05) is 42.5 Å². The fourth-order valence-corrected chi connectivity index (χ4v) is 2.06. The van der Waals surface area contributed by atoms with Crippen LogP contribution in [0.25, 0.3) is 17.1 Å². The molecule has 0 aromatic carbocycles. The second-order valence-corrected chi connectivity index (χ2v) is 4.14. The highest BCUT2D eigenvalue weighted by Gasteiger charge is 2.16. The van der Waals surface area contributed by atoms with Crippen LogP contribution < -0.4 is 5.73 Å². The van der Waals surface area contributed by atoms with E-state index < -0.39 is 0 Å². The van der Waals surface area contributed by atoms with Gasteiger partial charge in [0.25, 0.3) is 0 Å². The molecule has 0 radical (unpaired) electrons. The van der Waals surface area contributed by atoms with Gasteiger partial charge in [0, 0.05) is 5.69 Å². The first-order valence-corrected chi connectivity index (χ1v) is 5.46. The molecule has 4 nitrogen and oxygen atoms in total. The molecule has 0 aliphatic rings. The highest BCUT2D eigenvalue weighted by molar-refractivity contribution is 5.73. The third-order valence-electron chi connectivity index (χ3n) is 2.95. The van der Waals surface area contributed by atoms with Gasteiger partial charge < -0.3 is 10.2 Å². The predicted octanol–water partition coefficient (Wildman–Crippen LogP) is 2.79. The van der Waals surface area contributed by atoms with Gasteiger partial charge in [-0.05, 0) is 37.6 Å². The minimum Gasteiger partial charge on any atom is -0.462 e. The normalized spacial score (nSPS) is 11.2. The number of aromatic nitrogens is 2. The van der Waals surface area contributed by atoms with E-state index in [1.165, 1.54) is 0 Å². The molecule has 0 unspecified atom stereocenters. The molecule has 0 spiro atoms. The van der Waals surface area contributed by atoms with Crippen LogP contribution in [-0.4, -0.2) is 9.38 Å². The number of rotatable bonds is 1. The van der Waals surface area contributed by atoms with Crippen LogP contribution in [0.5, 0.6) is 0 Å². The number of nitrogen functional groups attached to an aromatic ring is 1. The van der Waals surface area contributed by atoms with E-state index in [-0.39, 0.29) is 0 Å². The number of fused-ring (bicyclic) bond motifs is 1. The van der Waals surface area contributed by atoms with Gasteiger partial charge in [0.05, 0.1) is 6.26 Å². The molecule has 0 aliphatic heterocycles. The van der Waals surface area contributed by atoms with Gasteiger partial charge in [-0.2, -0.15) is 0 Å². The molecular weight excluding hydrogens is 214 g/mol. The first-order valence-electron chi connectivity index (χ1n) is 5.46. The standard InChI is InChI=1S/C13H13N3O/c1-8-6-7-17-12(8)11-13(14)16-9(2)4-3-5-10(16)15-11/h3-7H,14H2,1-2H3.